The van der Waals surface area contributed by atoms with Gasteiger partial charge in [0, 0.05) is 15.6 Å². The van der Waals surface area contributed by atoms with E-state index in [1.807, 2.05) is 24.3 Å². The Morgan fingerprint density at radius 3 is 2.53 bits per heavy atom. The van der Waals surface area contributed by atoms with Crippen molar-refractivity contribution in [2.45, 2.75) is 0 Å². The zero-order chi connectivity index (χ0) is 23.1. The topological polar surface area (TPSA) is 79.5 Å². The van der Waals surface area contributed by atoms with Crippen molar-refractivity contribution in [2.24, 2.45) is 0 Å². The Labute approximate surface area is 211 Å². The summed E-state index contributed by atoms with van der Waals surface area (Å²) in [4.78, 5) is 24.0. The Morgan fingerprint density at radius 1 is 1.03 bits per heavy atom. The first-order valence-corrected chi connectivity index (χ1v) is 11.5. The standard InChI is InChI=1S/C22H16Br2ClN3O3S/c23-15-5-8-17-14(11-15)4-9-18(21(17)24)31-12-20(30)27-28-22(32)26-19(29)10-3-13-1-6-16(25)7-2-13/h1-11H,12H2,(H,27,30)(H2,26,28,29,32)/b10-3+. The van der Waals surface area contributed by atoms with E-state index in [4.69, 9.17) is 28.6 Å². The van der Waals surface area contributed by atoms with Crippen LogP contribution in [0.25, 0.3) is 16.8 Å². The van der Waals surface area contributed by atoms with Gasteiger partial charge in [-0.15, -0.1) is 0 Å². The molecule has 0 aliphatic carbocycles. The van der Waals surface area contributed by atoms with Crippen molar-refractivity contribution in [3.63, 3.8) is 0 Å². The summed E-state index contributed by atoms with van der Waals surface area (Å²) in [6.45, 7) is -0.249. The molecule has 0 spiro atoms. The largest absolute Gasteiger partial charge is 0.483 e. The van der Waals surface area contributed by atoms with E-state index in [2.05, 4.69) is 48.0 Å². The molecule has 3 aromatic carbocycles. The number of hydrogen-bond donors (Lipinski definition) is 3. The number of halogens is 3. The second-order valence-electron chi connectivity index (χ2n) is 6.41. The number of hydrazine groups is 1. The van der Waals surface area contributed by atoms with Crippen LogP contribution in [-0.4, -0.2) is 23.5 Å². The molecule has 0 saturated carbocycles. The molecular formula is C22H16Br2ClN3O3S. The number of nitrogens with one attached hydrogen (secondary N) is 3. The second-order valence-corrected chi connectivity index (χ2v) is 8.96. The number of carbonyl (C=O) groups excluding carboxylic acids is 2. The third-order valence-electron chi connectivity index (χ3n) is 4.09. The van der Waals surface area contributed by atoms with E-state index >= 15 is 0 Å². The molecule has 6 nitrogen and oxygen atoms in total. The monoisotopic (exact) mass is 595 g/mol. The van der Waals surface area contributed by atoms with E-state index in [0.29, 0.717) is 10.8 Å². The number of amides is 2. The van der Waals surface area contributed by atoms with Crippen LogP contribution in [0.1, 0.15) is 5.56 Å². The molecule has 0 aliphatic rings. The number of fused-ring (bicyclic) bond motifs is 1. The average Bonchev–Trinajstić information content (AvgIpc) is 2.77. The van der Waals surface area contributed by atoms with Crippen LogP contribution < -0.4 is 20.9 Å². The summed E-state index contributed by atoms with van der Waals surface area (Å²) < 4.78 is 7.30. The number of rotatable bonds is 5. The molecule has 0 unspecified atom stereocenters. The minimum absolute atomic E-state index is 0.0541. The van der Waals surface area contributed by atoms with Gasteiger partial charge in [0.2, 0.25) is 5.91 Å². The van der Waals surface area contributed by atoms with Crippen molar-refractivity contribution in [3.05, 3.63) is 80.2 Å². The molecule has 3 N–H and O–H groups in total. The van der Waals surface area contributed by atoms with Gasteiger partial charge in [0.25, 0.3) is 5.91 Å². The van der Waals surface area contributed by atoms with E-state index in [-0.39, 0.29) is 11.7 Å². The van der Waals surface area contributed by atoms with Gasteiger partial charge in [-0.05, 0) is 80.9 Å². The number of benzene rings is 3. The first kappa shape index (κ1) is 24.2. The van der Waals surface area contributed by atoms with Crippen molar-refractivity contribution in [1.82, 2.24) is 16.2 Å². The van der Waals surface area contributed by atoms with Crippen LogP contribution in [0.4, 0.5) is 0 Å². The second kappa shape index (κ2) is 11.4. The third kappa shape index (κ3) is 7.03. The first-order valence-electron chi connectivity index (χ1n) is 9.16. The molecule has 0 heterocycles. The van der Waals surface area contributed by atoms with Crippen LogP contribution in [-0.2, 0) is 9.59 Å². The highest BCUT2D eigenvalue weighted by Gasteiger charge is 2.10. The van der Waals surface area contributed by atoms with E-state index in [9.17, 15) is 9.59 Å². The van der Waals surface area contributed by atoms with Gasteiger partial charge in [-0.25, -0.2) is 0 Å². The fourth-order valence-corrected chi connectivity index (χ4v) is 3.85. The number of hydrogen-bond acceptors (Lipinski definition) is 4. The van der Waals surface area contributed by atoms with Crippen molar-refractivity contribution in [2.75, 3.05) is 6.61 Å². The van der Waals surface area contributed by atoms with Crippen molar-refractivity contribution in [1.29, 1.82) is 0 Å². The van der Waals surface area contributed by atoms with Gasteiger partial charge in [-0.1, -0.05) is 51.8 Å². The lowest BCUT2D eigenvalue weighted by Crippen LogP contribution is -2.49. The molecule has 0 radical (unpaired) electrons. The maximum Gasteiger partial charge on any atom is 0.276 e. The lowest BCUT2D eigenvalue weighted by Gasteiger charge is -2.12. The summed E-state index contributed by atoms with van der Waals surface area (Å²) in [7, 11) is 0. The molecule has 32 heavy (non-hydrogen) atoms. The Hall–Kier alpha value is -2.46. The van der Waals surface area contributed by atoms with E-state index in [0.717, 1.165) is 25.3 Å². The summed E-state index contributed by atoms with van der Waals surface area (Å²) >= 11 is 17.8. The van der Waals surface area contributed by atoms with Crippen LogP contribution in [0.15, 0.2) is 69.6 Å². The predicted molar refractivity (Wildman–Crippen MR) is 137 cm³/mol. The summed E-state index contributed by atoms with van der Waals surface area (Å²) in [5.74, 6) is -0.394. The lowest BCUT2D eigenvalue weighted by molar-refractivity contribution is -0.123. The Balaban J connectivity index is 1.44. The zero-order valence-corrected chi connectivity index (χ0v) is 21.1. The molecule has 0 aliphatic heterocycles. The zero-order valence-electron chi connectivity index (χ0n) is 16.3. The van der Waals surface area contributed by atoms with Crippen molar-refractivity contribution in [3.8, 4) is 5.75 Å². The van der Waals surface area contributed by atoms with Gasteiger partial charge < -0.3 is 4.74 Å². The fourth-order valence-electron chi connectivity index (χ4n) is 2.59. The lowest BCUT2D eigenvalue weighted by atomic mass is 10.1. The van der Waals surface area contributed by atoms with E-state index in [1.165, 1.54) is 6.08 Å². The maximum absolute atomic E-state index is 12.0. The highest BCUT2D eigenvalue weighted by molar-refractivity contribution is 9.11. The van der Waals surface area contributed by atoms with Crippen LogP contribution >= 0.6 is 55.7 Å². The number of ether oxygens (including phenoxy) is 1. The molecule has 2 amide bonds. The number of thiocarbonyl (C=S) groups is 1. The highest BCUT2D eigenvalue weighted by atomic mass is 79.9. The van der Waals surface area contributed by atoms with Gasteiger partial charge in [-0.2, -0.15) is 0 Å². The quantitative estimate of drug-likeness (QED) is 0.216. The van der Waals surface area contributed by atoms with Crippen LogP contribution in [0.5, 0.6) is 5.75 Å². The minimum Gasteiger partial charge on any atom is -0.483 e. The fraction of sp³-hybridized carbons (Fsp3) is 0.0455. The summed E-state index contributed by atoms with van der Waals surface area (Å²) in [6.07, 6.45) is 2.93. The van der Waals surface area contributed by atoms with Gasteiger partial charge in [0.05, 0.1) is 4.47 Å². The molecule has 0 aromatic heterocycles. The molecule has 0 bridgehead atoms. The SMILES string of the molecule is O=C(/C=C/c1ccc(Cl)cc1)NC(=S)NNC(=O)COc1ccc2cc(Br)ccc2c1Br. The Morgan fingerprint density at radius 2 is 1.78 bits per heavy atom. The van der Waals surface area contributed by atoms with E-state index < -0.39 is 11.8 Å². The highest BCUT2D eigenvalue weighted by Crippen LogP contribution is 2.34. The van der Waals surface area contributed by atoms with Crippen LogP contribution in [0.2, 0.25) is 5.02 Å². The summed E-state index contributed by atoms with van der Waals surface area (Å²) in [6, 6.07) is 16.5. The molecule has 0 fully saturated rings. The maximum atomic E-state index is 12.0. The molecule has 10 heteroatoms. The normalized spacial score (nSPS) is 10.7. The Bertz CT molecular complexity index is 1200. The summed E-state index contributed by atoms with van der Waals surface area (Å²) in [5.41, 5.74) is 5.64. The third-order valence-corrected chi connectivity index (χ3v) is 5.86. The molecule has 0 saturated heterocycles. The average molecular weight is 598 g/mol. The van der Waals surface area contributed by atoms with Gasteiger partial charge in [0.15, 0.2) is 11.7 Å². The molecule has 164 valence electrons. The van der Waals surface area contributed by atoms with E-state index in [1.54, 1.807) is 36.4 Å². The van der Waals surface area contributed by atoms with Crippen molar-refractivity contribution < 1.29 is 14.3 Å². The van der Waals surface area contributed by atoms with Gasteiger partial charge in [0.1, 0.15) is 5.75 Å². The molecule has 0 atom stereocenters. The van der Waals surface area contributed by atoms with Crippen LogP contribution in [0, 0.1) is 0 Å². The smallest absolute Gasteiger partial charge is 0.276 e. The molecule has 3 aromatic rings. The molecular weight excluding hydrogens is 582 g/mol. The van der Waals surface area contributed by atoms with Crippen molar-refractivity contribution >= 4 is 89.5 Å². The number of carbonyl (C=O) groups is 2. The minimum atomic E-state index is -0.471. The van der Waals surface area contributed by atoms with Crippen LogP contribution in [0.3, 0.4) is 0 Å². The Kier molecular flexibility index (Phi) is 8.63. The van der Waals surface area contributed by atoms with Gasteiger partial charge in [-0.3, -0.25) is 25.8 Å². The first-order chi connectivity index (χ1) is 15.3. The predicted octanol–water partition coefficient (Wildman–Crippen LogP) is 5.13. The van der Waals surface area contributed by atoms with Gasteiger partial charge >= 0.3 is 0 Å². The molecule has 3 rings (SSSR count). The summed E-state index contributed by atoms with van der Waals surface area (Å²) in [5, 5.41) is 4.96.